The van der Waals surface area contributed by atoms with Crippen molar-refractivity contribution in [3.63, 3.8) is 0 Å². The van der Waals surface area contributed by atoms with E-state index in [-0.39, 0.29) is 10.8 Å². The van der Waals surface area contributed by atoms with Crippen molar-refractivity contribution < 1.29 is 9.47 Å². The number of hydrogen-bond donors (Lipinski definition) is 1. The van der Waals surface area contributed by atoms with Crippen LogP contribution in [0.3, 0.4) is 0 Å². The van der Waals surface area contributed by atoms with E-state index >= 15 is 0 Å². The van der Waals surface area contributed by atoms with Gasteiger partial charge in [-0.3, -0.25) is 0 Å². The zero-order valence-corrected chi connectivity index (χ0v) is 27.5. The molecular formula is C44H45NO2. The van der Waals surface area contributed by atoms with Gasteiger partial charge in [0.05, 0.1) is 11.5 Å². The molecule has 0 amide bonds. The first kappa shape index (κ1) is 31.9. The summed E-state index contributed by atoms with van der Waals surface area (Å²) in [4.78, 5) is 3.61. The van der Waals surface area contributed by atoms with Crippen LogP contribution in [0, 0.1) is 0 Å². The van der Waals surface area contributed by atoms with Crippen molar-refractivity contribution >= 4 is 11.1 Å². The average molecular weight is 620 g/mol. The lowest BCUT2D eigenvalue weighted by Crippen LogP contribution is -2.36. The number of ether oxygens (including phenoxy) is 2. The van der Waals surface area contributed by atoms with Gasteiger partial charge in [0.1, 0.15) is 11.5 Å². The summed E-state index contributed by atoms with van der Waals surface area (Å²) < 4.78 is 12.5. The molecule has 3 heteroatoms. The Bertz CT molecular complexity index is 1820. The smallest absolute Gasteiger partial charge is 0.126 e. The summed E-state index contributed by atoms with van der Waals surface area (Å²) in [5, 5.41) is 0. The second kappa shape index (κ2) is 14.2. The normalized spacial score (nSPS) is 21.6. The van der Waals surface area contributed by atoms with Gasteiger partial charge in [-0.05, 0) is 97.2 Å². The number of fused-ring (bicyclic) bond motifs is 2. The summed E-state index contributed by atoms with van der Waals surface area (Å²) in [5.74, 6) is 3.23. The minimum atomic E-state index is -0.138. The molecule has 2 unspecified atom stereocenters. The van der Waals surface area contributed by atoms with E-state index in [2.05, 4.69) is 92.5 Å². The lowest BCUT2D eigenvalue weighted by Gasteiger charge is -2.41. The van der Waals surface area contributed by atoms with Crippen LogP contribution in [-0.4, -0.2) is 4.98 Å². The minimum Gasteiger partial charge on any atom is -0.462 e. The maximum absolute atomic E-state index is 6.24. The molecule has 0 spiro atoms. The molecule has 1 N–H and O–H groups in total. The molecule has 0 aliphatic heterocycles. The predicted octanol–water partition coefficient (Wildman–Crippen LogP) is 11.7. The van der Waals surface area contributed by atoms with Gasteiger partial charge in [-0.15, -0.1) is 0 Å². The number of para-hydroxylation sites is 2. The van der Waals surface area contributed by atoms with Crippen LogP contribution in [0.25, 0.3) is 11.1 Å². The molecule has 0 bridgehead atoms. The number of allylic oxidation sites excluding steroid dienone is 9. The number of aromatic nitrogens is 1. The van der Waals surface area contributed by atoms with Gasteiger partial charge in [0.15, 0.2) is 0 Å². The highest BCUT2D eigenvalue weighted by Crippen LogP contribution is 2.60. The van der Waals surface area contributed by atoms with Crippen LogP contribution in [0.1, 0.15) is 74.3 Å². The first-order chi connectivity index (χ1) is 22.9. The van der Waals surface area contributed by atoms with Crippen LogP contribution in [0.2, 0.25) is 0 Å². The van der Waals surface area contributed by atoms with Crippen molar-refractivity contribution in [3.05, 3.63) is 181 Å². The van der Waals surface area contributed by atoms with Crippen LogP contribution in [0.4, 0.5) is 0 Å². The molecule has 3 nitrogen and oxygen atoms in total. The predicted molar refractivity (Wildman–Crippen MR) is 196 cm³/mol. The largest absolute Gasteiger partial charge is 0.462 e. The van der Waals surface area contributed by atoms with Crippen molar-refractivity contribution in [2.24, 2.45) is 0 Å². The molecule has 2 aliphatic carbocycles. The number of aromatic amines is 1. The summed E-state index contributed by atoms with van der Waals surface area (Å²) in [6.45, 7) is 14.9. The summed E-state index contributed by atoms with van der Waals surface area (Å²) in [6, 6.07) is 31.2. The highest BCUT2D eigenvalue weighted by molar-refractivity contribution is 5.78. The van der Waals surface area contributed by atoms with Crippen LogP contribution in [0.5, 0.6) is 11.5 Å². The number of benzene rings is 3. The molecule has 0 saturated carbocycles. The first-order valence-electron chi connectivity index (χ1n) is 16.7. The van der Waals surface area contributed by atoms with Crippen LogP contribution >= 0.6 is 0 Å². The van der Waals surface area contributed by atoms with Crippen LogP contribution < -0.4 is 9.47 Å². The van der Waals surface area contributed by atoms with Gasteiger partial charge >= 0.3 is 0 Å². The maximum atomic E-state index is 6.24. The van der Waals surface area contributed by atoms with Crippen molar-refractivity contribution in [2.75, 3.05) is 0 Å². The van der Waals surface area contributed by atoms with E-state index in [1.165, 1.54) is 33.5 Å². The Kier molecular flexibility index (Phi) is 9.63. The lowest BCUT2D eigenvalue weighted by atomic mass is 9.62. The Morgan fingerprint density at radius 2 is 1.30 bits per heavy atom. The quantitative estimate of drug-likeness (QED) is 0.143. The molecule has 1 aromatic heterocycles. The fourth-order valence-electron chi connectivity index (χ4n) is 7.81. The fourth-order valence-corrected chi connectivity index (χ4v) is 7.81. The van der Waals surface area contributed by atoms with Gasteiger partial charge in [-0.2, -0.15) is 0 Å². The van der Waals surface area contributed by atoms with Gasteiger partial charge in [0, 0.05) is 35.6 Å². The topological polar surface area (TPSA) is 34.2 Å². The van der Waals surface area contributed by atoms with Crippen LogP contribution in [0.15, 0.2) is 159 Å². The molecule has 3 aromatic carbocycles. The molecule has 1 heterocycles. The summed E-state index contributed by atoms with van der Waals surface area (Å²) in [7, 11) is 0. The average Bonchev–Trinajstić information content (AvgIpc) is 3.77. The van der Waals surface area contributed by atoms with Crippen molar-refractivity contribution in [1.82, 2.24) is 4.98 Å². The zero-order valence-electron chi connectivity index (χ0n) is 27.5. The van der Waals surface area contributed by atoms with Crippen LogP contribution in [-0.2, 0) is 10.8 Å². The third-order valence-corrected chi connectivity index (χ3v) is 9.80. The van der Waals surface area contributed by atoms with Crippen molar-refractivity contribution in [2.45, 2.75) is 62.7 Å². The SMILES string of the molecule is C=C/C=C1\CC(CCC(=C)Oc2ccccc2)(CC2(CCC(=C)Oc3ccccc3)C/C(=C\C=C/C)c3[nH]ccc32)c2ccccc21. The maximum Gasteiger partial charge on any atom is 0.126 e. The minimum absolute atomic E-state index is 0.135. The Balaban J connectivity index is 1.38. The fraction of sp³-hybridized carbons (Fsp3) is 0.227. The summed E-state index contributed by atoms with van der Waals surface area (Å²) in [6.07, 6.45) is 19.0. The van der Waals surface area contributed by atoms with E-state index in [0.717, 1.165) is 68.0 Å². The highest BCUT2D eigenvalue weighted by Gasteiger charge is 2.51. The summed E-state index contributed by atoms with van der Waals surface area (Å²) in [5.41, 5.74) is 7.78. The van der Waals surface area contributed by atoms with Gasteiger partial charge in [-0.25, -0.2) is 0 Å². The van der Waals surface area contributed by atoms with E-state index in [1.54, 1.807) is 0 Å². The molecular weight excluding hydrogens is 574 g/mol. The van der Waals surface area contributed by atoms with E-state index in [0.29, 0.717) is 0 Å². The van der Waals surface area contributed by atoms with Gasteiger partial charge in [0.25, 0.3) is 0 Å². The highest BCUT2D eigenvalue weighted by atomic mass is 16.5. The number of rotatable bonds is 14. The first-order valence-corrected chi connectivity index (χ1v) is 16.7. The van der Waals surface area contributed by atoms with E-state index < -0.39 is 0 Å². The number of nitrogens with one attached hydrogen (secondary N) is 1. The van der Waals surface area contributed by atoms with Crippen molar-refractivity contribution in [3.8, 4) is 11.5 Å². The molecule has 0 saturated heterocycles. The third-order valence-electron chi connectivity index (χ3n) is 9.80. The number of H-pyrrole nitrogens is 1. The molecule has 0 fully saturated rings. The monoisotopic (exact) mass is 619 g/mol. The molecule has 0 radical (unpaired) electrons. The Hall–Kier alpha value is -5.02. The molecule has 47 heavy (non-hydrogen) atoms. The van der Waals surface area contributed by atoms with Gasteiger partial charge in [0.2, 0.25) is 0 Å². The van der Waals surface area contributed by atoms with E-state index in [9.17, 15) is 0 Å². The number of hydrogen-bond acceptors (Lipinski definition) is 2. The Morgan fingerprint density at radius 3 is 1.91 bits per heavy atom. The van der Waals surface area contributed by atoms with Crippen molar-refractivity contribution in [1.29, 1.82) is 0 Å². The lowest BCUT2D eigenvalue weighted by molar-refractivity contribution is 0.244. The molecule has 2 atom stereocenters. The van der Waals surface area contributed by atoms with E-state index in [4.69, 9.17) is 9.47 Å². The van der Waals surface area contributed by atoms with E-state index in [1.807, 2.05) is 66.7 Å². The zero-order chi connectivity index (χ0) is 32.7. The third kappa shape index (κ3) is 6.90. The van der Waals surface area contributed by atoms with Gasteiger partial charge in [-0.1, -0.05) is 111 Å². The Morgan fingerprint density at radius 1 is 0.723 bits per heavy atom. The summed E-state index contributed by atoms with van der Waals surface area (Å²) >= 11 is 0. The molecule has 238 valence electrons. The van der Waals surface area contributed by atoms with Gasteiger partial charge < -0.3 is 14.5 Å². The Labute approximate surface area is 280 Å². The standard InChI is InChI=1S/C44H45NO2/c1-5-7-17-36-31-44(41-26-29-45-42(36)41,28-25-34(4)47-38-20-12-9-13-21-38)32-43(27-24-33(3)46-37-18-10-8-11-19-37)30-35(16-6-2)39-22-14-15-23-40(39)43/h5-23,26,29,45H,2-4,24-25,27-28,30-32H2,1H3/b7-5-,35-16+,36-17+. The second-order valence-electron chi connectivity index (χ2n) is 13.0. The molecule has 2 aliphatic rings. The second-order valence-corrected chi connectivity index (χ2v) is 13.0. The molecule has 6 rings (SSSR count). The molecule has 4 aromatic rings.